The quantitative estimate of drug-likeness (QED) is 0.651. The van der Waals surface area contributed by atoms with Crippen molar-refractivity contribution < 1.29 is 4.79 Å². The number of nitrogens with one attached hydrogen (secondary N) is 1. The van der Waals surface area contributed by atoms with Crippen LogP contribution in [0.1, 0.15) is 12.1 Å². The minimum Gasteiger partial charge on any atom is -0.272 e. The highest BCUT2D eigenvalue weighted by atomic mass is 16.2. The van der Waals surface area contributed by atoms with Crippen molar-refractivity contribution in [3.05, 3.63) is 42.1 Å². The second-order valence-corrected chi connectivity index (χ2v) is 3.56. The van der Waals surface area contributed by atoms with Crippen LogP contribution >= 0.6 is 0 Å². The molecule has 1 aromatic heterocycles. The first-order chi connectivity index (χ1) is 8.79. The number of pyridine rings is 1. The van der Waals surface area contributed by atoms with E-state index in [1.165, 1.54) is 6.21 Å². The van der Waals surface area contributed by atoms with Gasteiger partial charge in [0.2, 0.25) is 0 Å². The summed E-state index contributed by atoms with van der Waals surface area (Å²) in [6.45, 7) is 0. The summed E-state index contributed by atoms with van der Waals surface area (Å²) in [5, 5.41) is 13.1. The molecular weight excluding hydrogens is 228 g/mol. The second-order valence-electron chi connectivity index (χ2n) is 3.56. The minimum atomic E-state index is -0.436. The highest BCUT2D eigenvalue weighted by Gasteiger charge is 1.97. The fourth-order valence-electron chi connectivity index (χ4n) is 1.44. The van der Waals surface area contributed by atoms with Crippen LogP contribution < -0.4 is 5.43 Å². The standard InChI is InChI=1S/C13H10N4O/c14-8-7-13(18)17-15-9-11-6-5-10-3-1-2-4-12(10)16-11/h1-6,9H,7H2,(H,17,18). The summed E-state index contributed by atoms with van der Waals surface area (Å²) in [5.41, 5.74) is 3.76. The van der Waals surface area contributed by atoms with Crippen LogP contribution in [0.15, 0.2) is 41.5 Å². The van der Waals surface area contributed by atoms with Crippen molar-refractivity contribution in [1.29, 1.82) is 5.26 Å². The number of nitriles is 1. The summed E-state index contributed by atoms with van der Waals surface area (Å²) in [7, 11) is 0. The third-order valence-corrected chi connectivity index (χ3v) is 2.25. The Morgan fingerprint density at radius 3 is 3.06 bits per heavy atom. The molecule has 0 saturated heterocycles. The van der Waals surface area contributed by atoms with Crippen LogP contribution in [0, 0.1) is 11.3 Å². The van der Waals surface area contributed by atoms with Gasteiger partial charge in [-0.2, -0.15) is 10.4 Å². The molecule has 0 bridgehead atoms. The van der Waals surface area contributed by atoms with Crippen LogP contribution in [-0.2, 0) is 4.79 Å². The van der Waals surface area contributed by atoms with Gasteiger partial charge < -0.3 is 0 Å². The van der Waals surface area contributed by atoms with Crippen molar-refractivity contribution in [2.24, 2.45) is 5.10 Å². The molecule has 1 heterocycles. The zero-order chi connectivity index (χ0) is 12.8. The summed E-state index contributed by atoms with van der Waals surface area (Å²) in [4.78, 5) is 15.3. The molecule has 88 valence electrons. The molecule has 0 aliphatic heterocycles. The molecule has 0 aliphatic rings. The average molecular weight is 238 g/mol. The van der Waals surface area contributed by atoms with E-state index in [4.69, 9.17) is 5.26 Å². The van der Waals surface area contributed by atoms with Gasteiger partial charge in [-0.25, -0.2) is 10.4 Å². The van der Waals surface area contributed by atoms with Gasteiger partial charge in [0.05, 0.1) is 23.5 Å². The molecule has 1 aromatic carbocycles. The molecule has 5 heteroatoms. The number of amides is 1. The van der Waals surface area contributed by atoms with Crippen molar-refractivity contribution in [3.8, 4) is 6.07 Å². The van der Waals surface area contributed by atoms with Gasteiger partial charge >= 0.3 is 0 Å². The largest absolute Gasteiger partial charge is 0.272 e. The lowest BCUT2D eigenvalue weighted by atomic mass is 10.2. The number of hydrogen-bond donors (Lipinski definition) is 1. The minimum absolute atomic E-state index is 0.206. The SMILES string of the molecule is N#CCC(=O)NN=Cc1ccc2ccccc2n1. The fraction of sp³-hybridized carbons (Fsp3) is 0.0769. The van der Waals surface area contributed by atoms with Gasteiger partial charge in [0.1, 0.15) is 6.42 Å². The Morgan fingerprint density at radius 2 is 2.22 bits per heavy atom. The Labute approximate surface area is 104 Å². The Bertz CT molecular complexity index is 643. The Kier molecular flexibility index (Phi) is 3.62. The molecule has 0 spiro atoms. The maximum Gasteiger partial charge on any atom is 0.254 e. The summed E-state index contributed by atoms with van der Waals surface area (Å²) in [5.74, 6) is -0.436. The number of nitrogens with zero attached hydrogens (tertiary/aromatic N) is 3. The third kappa shape index (κ3) is 2.89. The van der Waals surface area contributed by atoms with Crippen molar-refractivity contribution in [2.45, 2.75) is 6.42 Å². The van der Waals surface area contributed by atoms with E-state index < -0.39 is 5.91 Å². The molecule has 1 N–H and O–H groups in total. The first kappa shape index (κ1) is 11.7. The Morgan fingerprint density at radius 1 is 1.39 bits per heavy atom. The number of fused-ring (bicyclic) bond motifs is 1. The first-order valence-corrected chi connectivity index (χ1v) is 5.34. The lowest BCUT2D eigenvalue weighted by Gasteiger charge is -1.98. The maximum atomic E-state index is 11.0. The van der Waals surface area contributed by atoms with Crippen LogP contribution in [0.4, 0.5) is 0 Å². The summed E-state index contributed by atoms with van der Waals surface area (Å²) >= 11 is 0. The van der Waals surface area contributed by atoms with E-state index in [2.05, 4.69) is 15.5 Å². The predicted octanol–water partition coefficient (Wildman–Crippen LogP) is 1.60. The molecule has 0 unspecified atom stereocenters. The van der Waals surface area contributed by atoms with Crippen LogP contribution in [0.3, 0.4) is 0 Å². The van der Waals surface area contributed by atoms with Gasteiger partial charge in [0.15, 0.2) is 0 Å². The molecular formula is C13H10N4O. The number of hydrogen-bond acceptors (Lipinski definition) is 4. The number of para-hydroxylation sites is 1. The Balaban J connectivity index is 2.10. The number of carbonyl (C=O) groups excluding carboxylic acids is 1. The second kappa shape index (κ2) is 5.55. The number of carbonyl (C=O) groups is 1. The van der Waals surface area contributed by atoms with Gasteiger partial charge in [-0.05, 0) is 12.1 Å². The van der Waals surface area contributed by atoms with E-state index in [0.29, 0.717) is 5.69 Å². The van der Waals surface area contributed by atoms with Crippen molar-refractivity contribution in [2.75, 3.05) is 0 Å². The van der Waals surface area contributed by atoms with Gasteiger partial charge in [-0.1, -0.05) is 24.3 Å². The average Bonchev–Trinajstić information content (AvgIpc) is 2.39. The van der Waals surface area contributed by atoms with E-state index in [9.17, 15) is 4.79 Å². The van der Waals surface area contributed by atoms with Crippen molar-refractivity contribution in [3.63, 3.8) is 0 Å². The maximum absolute atomic E-state index is 11.0. The number of hydrazone groups is 1. The summed E-state index contributed by atoms with van der Waals surface area (Å²) in [6, 6.07) is 13.2. The molecule has 0 atom stereocenters. The summed E-state index contributed by atoms with van der Waals surface area (Å²) in [6.07, 6.45) is 1.24. The molecule has 1 amide bonds. The van der Waals surface area contributed by atoms with Crippen LogP contribution in [0.2, 0.25) is 0 Å². The number of aromatic nitrogens is 1. The highest BCUT2D eigenvalue weighted by Crippen LogP contribution is 2.10. The van der Waals surface area contributed by atoms with Crippen LogP contribution in [-0.4, -0.2) is 17.1 Å². The molecule has 0 aliphatic carbocycles. The first-order valence-electron chi connectivity index (χ1n) is 5.34. The monoisotopic (exact) mass is 238 g/mol. The van der Waals surface area contributed by atoms with E-state index >= 15 is 0 Å². The zero-order valence-electron chi connectivity index (χ0n) is 9.50. The van der Waals surface area contributed by atoms with Crippen molar-refractivity contribution >= 4 is 23.0 Å². The number of benzene rings is 1. The van der Waals surface area contributed by atoms with E-state index in [-0.39, 0.29) is 6.42 Å². The molecule has 5 nitrogen and oxygen atoms in total. The molecule has 0 radical (unpaired) electrons. The lowest BCUT2D eigenvalue weighted by molar-refractivity contribution is -0.120. The lowest BCUT2D eigenvalue weighted by Crippen LogP contribution is -2.16. The molecule has 0 saturated carbocycles. The molecule has 2 rings (SSSR count). The molecule has 18 heavy (non-hydrogen) atoms. The summed E-state index contributed by atoms with van der Waals surface area (Å²) < 4.78 is 0. The number of rotatable bonds is 3. The Hall–Kier alpha value is -2.74. The van der Waals surface area contributed by atoms with E-state index in [1.807, 2.05) is 36.4 Å². The smallest absolute Gasteiger partial charge is 0.254 e. The van der Waals surface area contributed by atoms with Crippen molar-refractivity contribution in [1.82, 2.24) is 10.4 Å². The van der Waals surface area contributed by atoms with Gasteiger partial charge in [-0.3, -0.25) is 4.79 Å². The van der Waals surface area contributed by atoms with E-state index in [0.717, 1.165) is 10.9 Å². The molecule has 2 aromatic rings. The normalized spacial score (nSPS) is 10.4. The highest BCUT2D eigenvalue weighted by molar-refractivity contribution is 5.86. The fourth-order valence-corrected chi connectivity index (χ4v) is 1.44. The van der Waals surface area contributed by atoms with E-state index in [1.54, 1.807) is 6.07 Å². The third-order valence-electron chi connectivity index (χ3n) is 2.25. The topological polar surface area (TPSA) is 78.1 Å². The van der Waals surface area contributed by atoms with Gasteiger partial charge in [0, 0.05) is 5.39 Å². The molecule has 0 fully saturated rings. The van der Waals surface area contributed by atoms with Crippen LogP contribution in [0.5, 0.6) is 0 Å². The van der Waals surface area contributed by atoms with Crippen LogP contribution in [0.25, 0.3) is 10.9 Å². The predicted molar refractivity (Wildman–Crippen MR) is 67.7 cm³/mol. The zero-order valence-corrected chi connectivity index (χ0v) is 9.50. The van der Waals surface area contributed by atoms with Gasteiger partial charge in [0.25, 0.3) is 5.91 Å². The van der Waals surface area contributed by atoms with Gasteiger partial charge in [-0.15, -0.1) is 0 Å².